The predicted octanol–water partition coefficient (Wildman–Crippen LogP) is 2.57. The second-order valence-corrected chi connectivity index (χ2v) is 4.93. The van der Waals surface area contributed by atoms with Crippen molar-refractivity contribution in [2.24, 2.45) is 0 Å². The summed E-state index contributed by atoms with van der Waals surface area (Å²) >= 11 is 0. The van der Waals surface area contributed by atoms with Crippen molar-refractivity contribution in [1.29, 1.82) is 0 Å². The van der Waals surface area contributed by atoms with Crippen molar-refractivity contribution in [2.45, 2.75) is 52.5 Å². The van der Waals surface area contributed by atoms with E-state index in [9.17, 15) is 0 Å². The van der Waals surface area contributed by atoms with Crippen molar-refractivity contribution in [3.63, 3.8) is 0 Å². The highest BCUT2D eigenvalue weighted by molar-refractivity contribution is 5.13. The Kier molecular flexibility index (Phi) is 5.00. The van der Waals surface area contributed by atoms with Gasteiger partial charge in [-0.05, 0) is 32.0 Å². The maximum atomic E-state index is 4.40. The van der Waals surface area contributed by atoms with E-state index < -0.39 is 0 Å². The summed E-state index contributed by atoms with van der Waals surface area (Å²) in [6, 6.07) is 2.15. The van der Waals surface area contributed by atoms with E-state index in [1.54, 1.807) is 0 Å². The third-order valence-corrected chi connectivity index (χ3v) is 3.02. The number of rotatable bonds is 7. The molecule has 0 aliphatic heterocycles. The number of aromatic nitrogens is 2. The summed E-state index contributed by atoms with van der Waals surface area (Å²) in [5.41, 5.74) is 1.56. The van der Waals surface area contributed by atoms with Crippen LogP contribution in [0.5, 0.6) is 0 Å². The Morgan fingerprint density at radius 1 is 1.38 bits per heavy atom. The molecular weight excluding hydrogens is 198 g/mol. The van der Waals surface area contributed by atoms with E-state index in [0.717, 1.165) is 32.5 Å². The van der Waals surface area contributed by atoms with Gasteiger partial charge in [-0.15, -0.1) is 0 Å². The number of hydrogen-bond donors (Lipinski definition) is 1. The van der Waals surface area contributed by atoms with Crippen LogP contribution in [-0.2, 0) is 12.0 Å². The average Bonchev–Trinajstić information content (AvgIpc) is 2.67. The van der Waals surface area contributed by atoms with E-state index >= 15 is 0 Å². The third-order valence-electron chi connectivity index (χ3n) is 3.02. The first-order chi connectivity index (χ1) is 7.61. The van der Waals surface area contributed by atoms with Crippen LogP contribution < -0.4 is 5.32 Å². The molecule has 0 fully saturated rings. The molecule has 0 amide bonds. The zero-order chi connectivity index (χ0) is 12.0. The van der Waals surface area contributed by atoms with Crippen LogP contribution >= 0.6 is 0 Å². The van der Waals surface area contributed by atoms with Crippen molar-refractivity contribution in [1.82, 2.24) is 15.1 Å². The van der Waals surface area contributed by atoms with E-state index in [-0.39, 0.29) is 5.41 Å². The number of nitrogens with zero attached hydrogens (tertiary/aromatic N) is 2. The first-order valence-corrected chi connectivity index (χ1v) is 6.34. The van der Waals surface area contributed by atoms with Crippen molar-refractivity contribution in [2.75, 3.05) is 13.1 Å². The van der Waals surface area contributed by atoms with E-state index in [1.807, 2.05) is 6.20 Å². The molecule has 0 atom stereocenters. The summed E-state index contributed by atoms with van der Waals surface area (Å²) in [4.78, 5) is 0. The molecule has 0 spiro atoms. The van der Waals surface area contributed by atoms with E-state index in [4.69, 9.17) is 0 Å². The van der Waals surface area contributed by atoms with E-state index in [2.05, 4.69) is 48.9 Å². The van der Waals surface area contributed by atoms with Gasteiger partial charge in [0.05, 0.1) is 0 Å². The minimum Gasteiger partial charge on any atom is -0.317 e. The van der Waals surface area contributed by atoms with Crippen LogP contribution in [0.15, 0.2) is 12.3 Å². The Morgan fingerprint density at radius 3 is 2.75 bits per heavy atom. The molecule has 0 saturated carbocycles. The highest BCUT2D eigenvalue weighted by Gasteiger charge is 2.23. The monoisotopic (exact) mass is 223 g/mol. The van der Waals surface area contributed by atoms with Gasteiger partial charge in [0.25, 0.3) is 0 Å². The van der Waals surface area contributed by atoms with Gasteiger partial charge in [-0.1, -0.05) is 27.7 Å². The SMILES string of the molecule is CCCn1nccc1C(C)(C)CCNCC. The van der Waals surface area contributed by atoms with E-state index in [1.165, 1.54) is 5.69 Å². The smallest absolute Gasteiger partial charge is 0.0492 e. The molecule has 16 heavy (non-hydrogen) atoms. The Labute approximate surface area is 99.2 Å². The zero-order valence-electron chi connectivity index (χ0n) is 11.1. The summed E-state index contributed by atoms with van der Waals surface area (Å²) in [5, 5.41) is 7.78. The molecule has 1 rings (SSSR count). The van der Waals surface area contributed by atoms with Gasteiger partial charge in [-0.25, -0.2) is 0 Å². The highest BCUT2D eigenvalue weighted by atomic mass is 15.3. The van der Waals surface area contributed by atoms with Gasteiger partial charge in [-0.3, -0.25) is 4.68 Å². The Hall–Kier alpha value is -0.830. The number of aryl methyl sites for hydroxylation is 1. The molecule has 0 aliphatic carbocycles. The van der Waals surface area contributed by atoms with Gasteiger partial charge in [0.15, 0.2) is 0 Å². The second kappa shape index (κ2) is 6.04. The molecule has 1 N–H and O–H groups in total. The quantitative estimate of drug-likeness (QED) is 0.720. The molecule has 1 aromatic rings. The van der Waals surface area contributed by atoms with Crippen molar-refractivity contribution < 1.29 is 0 Å². The van der Waals surface area contributed by atoms with Gasteiger partial charge in [0.2, 0.25) is 0 Å². The van der Waals surface area contributed by atoms with Gasteiger partial charge in [-0.2, -0.15) is 5.10 Å². The molecule has 1 heterocycles. The molecular formula is C13H25N3. The lowest BCUT2D eigenvalue weighted by molar-refractivity contribution is 0.412. The highest BCUT2D eigenvalue weighted by Crippen LogP contribution is 2.26. The normalized spacial score (nSPS) is 12.0. The Balaban J connectivity index is 2.68. The van der Waals surface area contributed by atoms with Gasteiger partial charge >= 0.3 is 0 Å². The lowest BCUT2D eigenvalue weighted by Crippen LogP contribution is -2.28. The van der Waals surface area contributed by atoms with Gasteiger partial charge < -0.3 is 5.32 Å². The molecule has 0 radical (unpaired) electrons. The van der Waals surface area contributed by atoms with Crippen LogP contribution in [0.2, 0.25) is 0 Å². The lowest BCUT2D eigenvalue weighted by atomic mass is 9.85. The summed E-state index contributed by atoms with van der Waals surface area (Å²) < 4.78 is 2.14. The minimum atomic E-state index is 0.202. The maximum Gasteiger partial charge on any atom is 0.0492 e. The molecule has 0 saturated heterocycles. The zero-order valence-corrected chi connectivity index (χ0v) is 11.1. The molecule has 0 bridgehead atoms. The molecule has 3 nitrogen and oxygen atoms in total. The second-order valence-electron chi connectivity index (χ2n) is 4.93. The van der Waals surface area contributed by atoms with Gasteiger partial charge in [0, 0.05) is 23.9 Å². The van der Waals surface area contributed by atoms with Crippen molar-refractivity contribution in [3.05, 3.63) is 18.0 Å². The van der Waals surface area contributed by atoms with Crippen LogP contribution in [0.1, 0.15) is 46.2 Å². The molecule has 0 aliphatic rings. The fourth-order valence-corrected chi connectivity index (χ4v) is 2.00. The number of nitrogens with one attached hydrogen (secondary N) is 1. The van der Waals surface area contributed by atoms with Crippen LogP contribution in [-0.4, -0.2) is 22.9 Å². The molecule has 0 aromatic carbocycles. The minimum absolute atomic E-state index is 0.202. The average molecular weight is 223 g/mol. The lowest BCUT2D eigenvalue weighted by Gasteiger charge is -2.26. The van der Waals surface area contributed by atoms with Crippen molar-refractivity contribution in [3.8, 4) is 0 Å². The van der Waals surface area contributed by atoms with E-state index in [0.29, 0.717) is 0 Å². The molecule has 0 unspecified atom stereocenters. The maximum absolute atomic E-state index is 4.40. The Morgan fingerprint density at radius 2 is 2.12 bits per heavy atom. The van der Waals surface area contributed by atoms with Crippen LogP contribution in [0, 0.1) is 0 Å². The summed E-state index contributed by atoms with van der Waals surface area (Å²) in [6.07, 6.45) is 4.20. The van der Waals surface area contributed by atoms with Crippen LogP contribution in [0.4, 0.5) is 0 Å². The standard InChI is InChI=1S/C13H25N3/c1-5-11-16-12(7-9-15-16)13(3,4)8-10-14-6-2/h7,9,14H,5-6,8,10-11H2,1-4H3. The third kappa shape index (κ3) is 3.34. The summed E-state index contributed by atoms with van der Waals surface area (Å²) in [5.74, 6) is 0. The fraction of sp³-hybridized carbons (Fsp3) is 0.769. The topological polar surface area (TPSA) is 29.9 Å². The van der Waals surface area contributed by atoms with Crippen LogP contribution in [0.3, 0.4) is 0 Å². The summed E-state index contributed by atoms with van der Waals surface area (Å²) in [6.45, 7) is 12.1. The predicted molar refractivity (Wildman–Crippen MR) is 68.7 cm³/mol. The van der Waals surface area contributed by atoms with Crippen molar-refractivity contribution >= 4 is 0 Å². The first kappa shape index (κ1) is 13.2. The van der Waals surface area contributed by atoms with Crippen LogP contribution in [0.25, 0.3) is 0 Å². The summed E-state index contributed by atoms with van der Waals surface area (Å²) in [7, 11) is 0. The van der Waals surface area contributed by atoms with Gasteiger partial charge in [0.1, 0.15) is 0 Å². The first-order valence-electron chi connectivity index (χ1n) is 6.34. The molecule has 92 valence electrons. The Bertz CT molecular complexity index is 302. The largest absolute Gasteiger partial charge is 0.317 e. The number of hydrogen-bond acceptors (Lipinski definition) is 2. The molecule has 1 aromatic heterocycles. The fourth-order valence-electron chi connectivity index (χ4n) is 2.00. The molecule has 3 heteroatoms.